The van der Waals surface area contributed by atoms with Crippen LogP contribution >= 0.6 is 11.6 Å². The number of carbonyl (C=O) groups excluding carboxylic acids is 1. The van der Waals surface area contributed by atoms with E-state index in [0.717, 1.165) is 12.8 Å². The summed E-state index contributed by atoms with van der Waals surface area (Å²) in [6.45, 7) is 0. The maximum atomic E-state index is 13.2. The minimum absolute atomic E-state index is 0.0280. The van der Waals surface area contributed by atoms with Crippen LogP contribution in [0.15, 0.2) is 18.2 Å². The van der Waals surface area contributed by atoms with Crippen molar-refractivity contribution in [3.8, 4) is 0 Å². The standard InChI is InChI=1S/C13H15ClFNO2/c14-12-10(2-1-3-11(12)15)13(18)16-8-4-6-9(17)7-5-8/h1-3,8-9,17H,4-7H2,(H,16,18). The average Bonchev–Trinajstić information content (AvgIpc) is 2.35. The molecule has 0 aliphatic heterocycles. The summed E-state index contributed by atoms with van der Waals surface area (Å²) in [6, 6.07) is 4.20. The molecule has 2 rings (SSSR count). The number of aliphatic hydroxyl groups excluding tert-OH is 1. The van der Waals surface area contributed by atoms with Crippen LogP contribution in [0.2, 0.25) is 5.02 Å². The van der Waals surface area contributed by atoms with Gasteiger partial charge in [0.05, 0.1) is 16.7 Å². The van der Waals surface area contributed by atoms with Gasteiger partial charge in [0.1, 0.15) is 5.82 Å². The van der Waals surface area contributed by atoms with Gasteiger partial charge in [-0.15, -0.1) is 0 Å². The molecule has 0 unspecified atom stereocenters. The molecule has 0 aromatic heterocycles. The lowest BCUT2D eigenvalue weighted by molar-refractivity contribution is 0.0867. The zero-order valence-electron chi connectivity index (χ0n) is 9.83. The molecule has 0 saturated heterocycles. The first-order valence-corrected chi connectivity index (χ1v) is 6.38. The summed E-state index contributed by atoms with van der Waals surface area (Å²) >= 11 is 5.75. The lowest BCUT2D eigenvalue weighted by atomic mass is 9.93. The smallest absolute Gasteiger partial charge is 0.253 e. The van der Waals surface area contributed by atoms with E-state index in [2.05, 4.69) is 5.32 Å². The second-order valence-electron chi connectivity index (χ2n) is 4.58. The van der Waals surface area contributed by atoms with Gasteiger partial charge in [-0.05, 0) is 37.8 Å². The maximum absolute atomic E-state index is 13.2. The van der Waals surface area contributed by atoms with Crippen molar-refractivity contribution in [3.63, 3.8) is 0 Å². The van der Waals surface area contributed by atoms with Gasteiger partial charge in [0, 0.05) is 6.04 Å². The summed E-state index contributed by atoms with van der Waals surface area (Å²) in [7, 11) is 0. The normalized spacial score (nSPS) is 23.7. The summed E-state index contributed by atoms with van der Waals surface area (Å²) in [5.74, 6) is -0.954. The minimum atomic E-state index is -0.594. The lowest BCUT2D eigenvalue weighted by Crippen LogP contribution is -2.38. The van der Waals surface area contributed by atoms with Crippen LogP contribution in [0.3, 0.4) is 0 Å². The number of benzene rings is 1. The zero-order valence-corrected chi connectivity index (χ0v) is 10.6. The van der Waals surface area contributed by atoms with Crippen molar-refractivity contribution in [2.24, 2.45) is 0 Å². The molecule has 0 atom stereocenters. The quantitative estimate of drug-likeness (QED) is 0.868. The fourth-order valence-corrected chi connectivity index (χ4v) is 2.37. The number of nitrogens with one attached hydrogen (secondary N) is 1. The molecule has 1 fully saturated rings. The van der Waals surface area contributed by atoms with E-state index in [0.29, 0.717) is 12.8 Å². The Bertz CT molecular complexity index is 445. The third-order valence-electron chi connectivity index (χ3n) is 3.23. The first-order chi connectivity index (χ1) is 8.58. The van der Waals surface area contributed by atoms with Crippen molar-refractivity contribution >= 4 is 17.5 Å². The van der Waals surface area contributed by atoms with Gasteiger partial charge in [-0.25, -0.2) is 4.39 Å². The number of rotatable bonds is 2. The zero-order chi connectivity index (χ0) is 13.1. The average molecular weight is 272 g/mol. The molecule has 2 N–H and O–H groups in total. The number of aliphatic hydroxyl groups is 1. The Balaban J connectivity index is 2.01. The Hall–Kier alpha value is -1.13. The molecular weight excluding hydrogens is 257 g/mol. The Morgan fingerprint density at radius 3 is 2.67 bits per heavy atom. The third-order valence-corrected chi connectivity index (χ3v) is 3.61. The van der Waals surface area contributed by atoms with Crippen molar-refractivity contribution in [1.29, 1.82) is 0 Å². The van der Waals surface area contributed by atoms with Gasteiger partial charge >= 0.3 is 0 Å². The number of hydrogen-bond acceptors (Lipinski definition) is 2. The molecule has 1 aliphatic rings. The van der Waals surface area contributed by atoms with Gasteiger partial charge in [-0.3, -0.25) is 4.79 Å². The topological polar surface area (TPSA) is 49.3 Å². The number of amides is 1. The Kier molecular flexibility index (Phi) is 4.19. The van der Waals surface area contributed by atoms with Crippen LogP contribution in [0.25, 0.3) is 0 Å². The van der Waals surface area contributed by atoms with E-state index in [1.165, 1.54) is 18.2 Å². The molecular formula is C13H15ClFNO2. The highest BCUT2D eigenvalue weighted by Crippen LogP contribution is 2.22. The third kappa shape index (κ3) is 3.00. The van der Waals surface area contributed by atoms with Crippen molar-refractivity contribution in [3.05, 3.63) is 34.6 Å². The first kappa shape index (κ1) is 13.3. The summed E-state index contributed by atoms with van der Waals surface area (Å²) in [5, 5.41) is 12.1. The van der Waals surface area contributed by atoms with Gasteiger partial charge in [0.25, 0.3) is 5.91 Å². The molecule has 18 heavy (non-hydrogen) atoms. The molecule has 1 saturated carbocycles. The van der Waals surface area contributed by atoms with Crippen molar-refractivity contribution in [2.45, 2.75) is 37.8 Å². The second-order valence-corrected chi connectivity index (χ2v) is 4.96. The van der Waals surface area contributed by atoms with Crippen LogP contribution in [0.5, 0.6) is 0 Å². The first-order valence-electron chi connectivity index (χ1n) is 6.01. The molecule has 1 aromatic carbocycles. The van der Waals surface area contributed by atoms with Crippen LogP contribution in [0.4, 0.5) is 4.39 Å². The van der Waals surface area contributed by atoms with Crippen molar-refractivity contribution in [2.75, 3.05) is 0 Å². The Morgan fingerprint density at radius 1 is 1.33 bits per heavy atom. The SMILES string of the molecule is O=C(NC1CCC(O)CC1)c1cccc(F)c1Cl. The van der Waals surface area contributed by atoms with Gasteiger partial charge < -0.3 is 10.4 Å². The molecule has 1 amide bonds. The highest BCUT2D eigenvalue weighted by atomic mass is 35.5. The lowest BCUT2D eigenvalue weighted by Gasteiger charge is -2.26. The predicted octanol–water partition coefficient (Wildman–Crippen LogP) is 2.51. The fourth-order valence-electron chi connectivity index (χ4n) is 2.16. The summed E-state index contributed by atoms with van der Waals surface area (Å²) in [6.07, 6.45) is 2.57. The van der Waals surface area contributed by atoms with E-state index in [-0.39, 0.29) is 28.6 Å². The summed E-state index contributed by atoms with van der Waals surface area (Å²) in [5.41, 5.74) is 0.155. The van der Waals surface area contributed by atoms with E-state index in [9.17, 15) is 14.3 Å². The highest BCUT2D eigenvalue weighted by molar-refractivity contribution is 6.34. The van der Waals surface area contributed by atoms with E-state index < -0.39 is 5.82 Å². The summed E-state index contributed by atoms with van der Waals surface area (Å²) in [4.78, 5) is 11.9. The second kappa shape index (κ2) is 5.67. The van der Waals surface area contributed by atoms with Gasteiger partial charge in [0.2, 0.25) is 0 Å². The van der Waals surface area contributed by atoms with Crippen LogP contribution in [-0.2, 0) is 0 Å². The molecule has 0 spiro atoms. The van der Waals surface area contributed by atoms with Crippen molar-refractivity contribution < 1.29 is 14.3 Å². The Labute approximate surface area is 110 Å². The largest absolute Gasteiger partial charge is 0.393 e. The van der Waals surface area contributed by atoms with E-state index in [4.69, 9.17) is 11.6 Å². The van der Waals surface area contributed by atoms with E-state index in [1.807, 2.05) is 0 Å². The van der Waals surface area contributed by atoms with Gasteiger partial charge in [-0.2, -0.15) is 0 Å². The minimum Gasteiger partial charge on any atom is -0.393 e. The molecule has 98 valence electrons. The van der Waals surface area contributed by atoms with Crippen LogP contribution < -0.4 is 5.32 Å². The Morgan fingerprint density at radius 2 is 2.00 bits per heavy atom. The number of halogens is 2. The van der Waals surface area contributed by atoms with Crippen LogP contribution in [0.1, 0.15) is 36.0 Å². The van der Waals surface area contributed by atoms with Gasteiger partial charge in [-0.1, -0.05) is 17.7 Å². The predicted molar refractivity (Wildman–Crippen MR) is 67.1 cm³/mol. The molecule has 1 aromatic rings. The van der Waals surface area contributed by atoms with E-state index in [1.54, 1.807) is 0 Å². The molecule has 3 nitrogen and oxygen atoms in total. The van der Waals surface area contributed by atoms with Gasteiger partial charge in [0.15, 0.2) is 0 Å². The number of carbonyl (C=O) groups is 1. The monoisotopic (exact) mass is 271 g/mol. The van der Waals surface area contributed by atoms with Crippen LogP contribution in [-0.4, -0.2) is 23.2 Å². The summed E-state index contributed by atoms with van der Waals surface area (Å²) < 4.78 is 13.2. The molecule has 1 aliphatic carbocycles. The number of hydrogen-bond donors (Lipinski definition) is 2. The molecule has 0 bridgehead atoms. The highest BCUT2D eigenvalue weighted by Gasteiger charge is 2.22. The molecule has 5 heteroatoms. The fraction of sp³-hybridized carbons (Fsp3) is 0.462. The van der Waals surface area contributed by atoms with Crippen molar-refractivity contribution in [1.82, 2.24) is 5.32 Å². The van der Waals surface area contributed by atoms with Crippen LogP contribution in [0, 0.1) is 5.82 Å². The maximum Gasteiger partial charge on any atom is 0.253 e. The molecule has 0 radical (unpaired) electrons. The van der Waals surface area contributed by atoms with E-state index >= 15 is 0 Å². The molecule has 0 heterocycles.